The third-order valence-corrected chi connectivity index (χ3v) is 0.757. The first-order valence-corrected chi connectivity index (χ1v) is 2.04. The molecule has 0 fully saturated rings. The van der Waals surface area contributed by atoms with Crippen LogP contribution >= 0.6 is 0 Å². The minimum absolute atomic E-state index is 0.542. The molecule has 0 aromatic rings. The van der Waals surface area contributed by atoms with Gasteiger partial charge < -0.3 is 0 Å². The van der Waals surface area contributed by atoms with E-state index in [2.05, 4.69) is 4.99 Å². The molecule has 1 heterocycles. The Morgan fingerprint density at radius 3 is 3.00 bits per heavy atom. The molecule has 1 aliphatic rings. The van der Waals surface area contributed by atoms with Crippen molar-refractivity contribution >= 4 is 5.84 Å². The average molecular weight is 98.1 g/mol. The lowest BCUT2D eigenvalue weighted by molar-refractivity contribution is 0.235. The van der Waals surface area contributed by atoms with Gasteiger partial charge in [0.1, 0.15) is 5.84 Å². The van der Waals surface area contributed by atoms with Gasteiger partial charge in [-0.3, -0.25) is 15.7 Å². The second-order valence-corrected chi connectivity index (χ2v) is 1.24. The van der Waals surface area contributed by atoms with E-state index in [1.165, 1.54) is 0 Å². The molecule has 1 aliphatic heterocycles. The van der Waals surface area contributed by atoms with Gasteiger partial charge in [0, 0.05) is 0 Å². The number of amidine groups is 1. The third-order valence-electron chi connectivity index (χ3n) is 0.757. The lowest BCUT2D eigenvalue weighted by atomic mass is 10.5. The van der Waals surface area contributed by atoms with Gasteiger partial charge in [0.15, 0.2) is 0 Å². The fourth-order valence-corrected chi connectivity index (χ4v) is 0.441. The maximum absolute atomic E-state index is 8.13. The molecule has 1 rings (SSSR count). The minimum Gasteiger partial charge on any atom is -0.290 e. The van der Waals surface area contributed by atoms with Crippen LogP contribution in [0.4, 0.5) is 0 Å². The maximum atomic E-state index is 8.13. The zero-order chi connectivity index (χ0) is 5.11. The topological polar surface area (TPSA) is 44.6 Å². The van der Waals surface area contributed by atoms with Gasteiger partial charge in [0.2, 0.25) is 0 Å². The lowest BCUT2D eigenvalue weighted by Gasteiger charge is -1.87. The Hall–Kier alpha value is -0.830. The van der Waals surface area contributed by atoms with Crippen molar-refractivity contribution in [3.63, 3.8) is 0 Å². The maximum Gasteiger partial charge on any atom is 0.144 e. The van der Waals surface area contributed by atoms with E-state index in [0.29, 0.717) is 12.4 Å². The fraction of sp³-hybridized carbons (Fsp3) is 0.250. The van der Waals surface area contributed by atoms with Crippen molar-refractivity contribution in [2.24, 2.45) is 4.99 Å². The second-order valence-electron chi connectivity index (χ2n) is 1.24. The van der Waals surface area contributed by atoms with Crippen molar-refractivity contribution in [3.8, 4) is 0 Å². The summed E-state index contributed by atoms with van der Waals surface area (Å²) in [7, 11) is 0. The van der Waals surface area contributed by atoms with Crippen LogP contribution in [0.5, 0.6) is 0 Å². The molecule has 3 heteroatoms. The van der Waals surface area contributed by atoms with Gasteiger partial charge in [0.25, 0.3) is 0 Å². The summed E-state index contributed by atoms with van der Waals surface area (Å²) in [5.74, 6) is 0.542. The minimum atomic E-state index is 0.542. The first-order chi connectivity index (χ1) is 3.43. The summed E-state index contributed by atoms with van der Waals surface area (Å²) in [6, 6.07) is 0. The van der Waals surface area contributed by atoms with Crippen molar-refractivity contribution in [1.29, 1.82) is 0 Å². The van der Waals surface area contributed by atoms with E-state index in [1.807, 2.05) is 11.6 Å². The van der Waals surface area contributed by atoms with E-state index in [-0.39, 0.29) is 0 Å². The Bertz CT molecular complexity index is 117. The van der Waals surface area contributed by atoms with Crippen LogP contribution in [-0.2, 0) is 0 Å². The smallest absolute Gasteiger partial charge is 0.144 e. The average Bonchev–Trinajstić information content (AvgIpc) is 2.14. The van der Waals surface area contributed by atoms with Crippen molar-refractivity contribution in [1.82, 2.24) is 5.48 Å². The van der Waals surface area contributed by atoms with Crippen molar-refractivity contribution in [2.75, 3.05) is 6.54 Å². The number of hydroxylamine groups is 1. The first kappa shape index (κ1) is 4.33. The summed E-state index contributed by atoms with van der Waals surface area (Å²) in [6.07, 6.45) is 3.58. The number of aliphatic imine (C=N–C) groups is 1. The van der Waals surface area contributed by atoms with E-state index < -0.39 is 0 Å². The molecule has 0 amide bonds. The highest BCUT2D eigenvalue weighted by Gasteiger charge is 1.92. The van der Waals surface area contributed by atoms with Gasteiger partial charge in [-0.15, -0.1) is 0 Å². The molecule has 0 aliphatic carbocycles. The van der Waals surface area contributed by atoms with Gasteiger partial charge in [0.05, 0.1) is 6.54 Å². The monoisotopic (exact) mass is 98.0 g/mol. The molecule has 7 heavy (non-hydrogen) atoms. The largest absolute Gasteiger partial charge is 0.290 e. The first-order valence-electron chi connectivity index (χ1n) is 2.04. The summed E-state index contributed by atoms with van der Waals surface area (Å²) in [6.45, 7) is 0.683. The second kappa shape index (κ2) is 1.75. The van der Waals surface area contributed by atoms with Crippen molar-refractivity contribution in [3.05, 3.63) is 12.2 Å². The summed E-state index contributed by atoms with van der Waals surface area (Å²) in [5, 5.41) is 8.13. The van der Waals surface area contributed by atoms with Gasteiger partial charge >= 0.3 is 0 Å². The Labute approximate surface area is 41.3 Å². The molecule has 0 atom stereocenters. The zero-order valence-corrected chi connectivity index (χ0v) is 3.76. The predicted molar refractivity (Wildman–Crippen MR) is 26.4 cm³/mol. The van der Waals surface area contributed by atoms with E-state index in [0.717, 1.165) is 0 Å². The lowest BCUT2D eigenvalue weighted by Crippen LogP contribution is -2.13. The van der Waals surface area contributed by atoms with Gasteiger partial charge in [-0.05, 0) is 6.08 Å². The number of hydrogen-bond acceptors (Lipinski definition) is 3. The molecule has 0 spiro atoms. The molecular formula is C4H6N2O. The molecule has 38 valence electrons. The van der Waals surface area contributed by atoms with Crippen LogP contribution in [0.15, 0.2) is 17.1 Å². The normalized spacial score (nSPS) is 17.0. The Morgan fingerprint density at radius 2 is 2.71 bits per heavy atom. The van der Waals surface area contributed by atoms with Crippen LogP contribution in [0.3, 0.4) is 0 Å². The van der Waals surface area contributed by atoms with Crippen LogP contribution in [0.25, 0.3) is 0 Å². The van der Waals surface area contributed by atoms with Crippen molar-refractivity contribution < 1.29 is 5.21 Å². The Kier molecular flexibility index (Phi) is 1.08. The summed E-state index contributed by atoms with van der Waals surface area (Å²) in [5.41, 5.74) is 1.93. The van der Waals surface area contributed by atoms with E-state index in [1.54, 1.807) is 6.08 Å². The van der Waals surface area contributed by atoms with E-state index >= 15 is 0 Å². The molecule has 3 nitrogen and oxygen atoms in total. The molecular weight excluding hydrogens is 92.1 g/mol. The van der Waals surface area contributed by atoms with Gasteiger partial charge in [-0.25, -0.2) is 0 Å². The van der Waals surface area contributed by atoms with Crippen LogP contribution < -0.4 is 5.48 Å². The van der Waals surface area contributed by atoms with Crippen LogP contribution in [-0.4, -0.2) is 17.6 Å². The molecule has 0 unspecified atom stereocenters. The number of hydrogen-bond donors (Lipinski definition) is 2. The number of nitrogens with zero attached hydrogens (tertiary/aromatic N) is 1. The van der Waals surface area contributed by atoms with Crippen LogP contribution in [0.2, 0.25) is 0 Å². The predicted octanol–water partition coefficient (Wildman–Crippen LogP) is -0.0665. The zero-order valence-electron chi connectivity index (χ0n) is 3.76. The Balaban J connectivity index is 2.52. The van der Waals surface area contributed by atoms with E-state index in [4.69, 9.17) is 5.21 Å². The highest BCUT2D eigenvalue weighted by atomic mass is 16.5. The number of nitrogens with one attached hydrogen (secondary N) is 1. The van der Waals surface area contributed by atoms with Gasteiger partial charge in [-0.2, -0.15) is 0 Å². The van der Waals surface area contributed by atoms with Crippen LogP contribution in [0.1, 0.15) is 0 Å². The molecule has 0 aromatic carbocycles. The van der Waals surface area contributed by atoms with E-state index in [9.17, 15) is 0 Å². The third kappa shape index (κ3) is 0.778. The Morgan fingerprint density at radius 1 is 1.86 bits per heavy atom. The molecule has 0 saturated heterocycles. The standard InChI is InChI=1S/C4H6N2O/c7-6-4-2-1-3-5-4/h1-2,7H,3H2,(H,5,6). The van der Waals surface area contributed by atoms with Crippen LogP contribution in [0, 0.1) is 0 Å². The highest BCUT2D eigenvalue weighted by molar-refractivity contribution is 5.93. The summed E-state index contributed by atoms with van der Waals surface area (Å²) >= 11 is 0. The molecule has 2 N–H and O–H groups in total. The summed E-state index contributed by atoms with van der Waals surface area (Å²) in [4.78, 5) is 3.80. The SMILES string of the molecule is ONC1=NCC=C1. The van der Waals surface area contributed by atoms with Gasteiger partial charge in [-0.1, -0.05) is 6.08 Å². The quantitative estimate of drug-likeness (QED) is 0.417. The number of rotatable bonds is 0. The molecule has 0 saturated carbocycles. The summed E-state index contributed by atoms with van der Waals surface area (Å²) < 4.78 is 0. The molecule has 0 radical (unpaired) electrons. The molecule has 0 bridgehead atoms. The molecule has 0 aromatic heterocycles. The fourth-order valence-electron chi connectivity index (χ4n) is 0.441. The van der Waals surface area contributed by atoms with Crippen molar-refractivity contribution in [2.45, 2.75) is 0 Å². The highest BCUT2D eigenvalue weighted by Crippen LogP contribution is 1.87.